The topological polar surface area (TPSA) is 118 Å². The lowest BCUT2D eigenvalue weighted by Crippen LogP contribution is -2.42. The minimum Gasteiger partial charge on any atom is -0.379 e. The molecule has 1 atom stereocenters. The standard InChI is InChI=1S/C24H24N3O4P/c1-16-2-6-18(7-3-16)24(29,15-27-22(28)14-32(30)31)19-8-4-17(5-9-19)20-10-12-25-23-21(20)11-13-26-23/h2-13,29-31H,14-15H2,1H3,(H,25,26)(H,27,28). The number of carbonyl (C=O) groups is 1. The first-order valence-electron chi connectivity index (χ1n) is 10.1. The van der Waals surface area contributed by atoms with E-state index >= 15 is 0 Å². The van der Waals surface area contributed by atoms with Crippen molar-refractivity contribution in [1.29, 1.82) is 0 Å². The number of amides is 1. The summed E-state index contributed by atoms with van der Waals surface area (Å²) in [6.45, 7) is 1.86. The first kappa shape index (κ1) is 22.1. The maximum atomic E-state index is 12.0. The summed E-state index contributed by atoms with van der Waals surface area (Å²) in [5.41, 5.74) is 3.60. The van der Waals surface area contributed by atoms with Gasteiger partial charge in [0.2, 0.25) is 5.91 Å². The minimum absolute atomic E-state index is 0.102. The van der Waals surface area contributed by atoms with Crippen LogP contribution in [0.3, 0.4) is 0 Å². The molecule has 0 bridgehead atoms. The fraction of sp³-hybridized carbons (Fsp3) is 0.167. The Labute approximate surface area is 186 Å². The second-order valence-electron chi connectivity index (χ2n) is 7.71. The summed E-state index contributed by atoms with van der Waals surface area (Å²) < 4.78 is 0. The van der Waals surface area contributed by atoms with Gasteiger partial charge in [-0.3, -0.25) is 4.79 Å². The van der Waals surface area contributed by atoms with Gasteiger partial charge >= 0.3 is 0 Å². The Morgan fingerprint density at radius 2 is 1.69 bits per heavy atom. The van der Waals surface area contributed by atoms with E-state index < -0.39 is 26.0 Å². The van der Waals surface area contributed by atoms with Crippen molar-refractivity contribution in [2.24, 2.45) is 0 Å². The third kappa shape index (κ3) is 4.56. The van der Waals surface area contributed by atoms with Crippen LogP contribution >= 0.6 is 8.38 Å². The highest BCUT2D eigenvalue weighted by Crippen LogP contribution is 2.33. The SMILES string of the molecule is Cc1ccc(C(O)(CNC(=O)CP(O)O)c2ccc(-c3ccnc4[nH]ccc34)cc2)cc1. The number of aliphatic hydroxyl groups is 1. The molecule has 2 heterocycles. The molecule has 0 aliphatic heterocycles. The first-order chi connectivity index (χ1) is 15.4. The maximum absolute atomic E-state index is 12.0. The molecule has 1 amide bonds. The summed E-state index contributed by atoms with van der Waals surface area (Å²) in [5, 5.41) is 15.3. The lowest BCUT2D eigenvalue weighted by Gasteiger charge is -2.30. The number of carbonyl (C=O) groups excluding carboxylic acids is 1. The Kier molecular flexibility index (Phi) is 6.35. The number of hydrogen-bond acceptors (Lipinski definition) is 5. The number of aryl methyl sites for hydroxylation is 1. The number of H-pyrrole nitrogens is 1. The number of nitrogens with one attached hydrogen (secondary N) is 2. The maximum Gasteiger partial charge on any atom is 0.229 e. The van der Waals surface area contributed by atoms with E-state index in [4.69, 9.17) is 9.79 Å². The van der Waals surface area contributed by atoms with E-state index in [1.165, 1.54) is 0 Å². The zero-order valence-electron chi connectivity index (χ0n) is 17.5. The summed E-state index contributed by atoms with van der Waals surface area (Å²) in [4.78, 5) is 37.7. The van der Waals surface area contributed by atoms with Gasteiger partial charge in [-0.05, 0) is 41.3 Å². The number of pyridine rings is 1. The first-order valence-corrected chi connectivity index (χ1v) is 11.5. The second kappa shape index (κ2) is 9.18. The monoisotopic (exact) mass is 449 g/mol. The molecule has 0 saturated carbocycles. The van der Waals surface area contributed by atoms with Crippen molar-refractivity contribution in [2.45, 2.75) is 12.5 Å². The molecular weight excluding hydrogens is 425 g/mol. The molecule has 5 N–H and O–H groups in total. The predicted molar refractivity (Wildman–Crippen MR) is 125 cm³/mol. The Hall–Kier alpha value is -3.09. The molecule has 1 unspecified atom stereocenters. The van der Waals surface area contributed by atoms with Crippen molar-refractivity contribution in [3.05, 3.63) is 89.7 Å². The van der Waals surface area contributed by atoms with Crippen molar-refractivity contribution >= 4 is 25.3 Å². The third-order valence-corrected chi connectivity index (χ3v) is 6.06. The van der Waals surface area contributed by atoms with Crippen molar-refractivity contribution in [1.82, 2.24) is 15.3 Å². The quantitative estimate of drug-likeness (QED) is 0.278. The van der Waals surface area contributed by atoms with Gasteiger partial charge in [-0.25, -0.2) is 4.98 Å². The molecule has 0 saturated heterocycles. The number of aromatic amines is 1. The van der Waals surface area contributed by atoms with Crippen LogP contribution in [0.5, 0.6) is 0 Å². The Balaban J connectivity index is 1.68. The van der Waals surface area contributed by atoms with Crippen LogP contribution in [0, 0.1) is 6.92 Å². The molecule has 2 aromatic heterocycles. The Morgan fingerprint density at radius 3 is 2.34 bits per heavy atom. The minimum atomic E-state index is -2.34. The van der Waals surface area contributed by atoms with Gasteiger partial charge in [0.25, 0.3) is 0 Å². The molecule has 4 aromatic rings. The van der Waals surface area contributed by atoms with Crippen LogP contribution in [0.15, 0.2) is 73.1 Å². The number of aromatic nitrogens is 2. The molecule has 0 fully saturated rings. The van der Waals surface area contributed by atoms with E-state index in [0.717, 1.165) is 27.7 Å². The van der Waals surface area contributed by atoms with Gasteiger partial charge < -0.3 is 25.2 Å². The Morgan fingerprint density at radius 1 is 1.03 bits per heavy atom. The van der Waals surface area contributed by atoms with Crippen molar-refractivity contribution in [3.8, 4) is 11.1 Å². The van der Waals surface area contributed by atoms with Crippen LogP contribution in [-0.4, -0.2) is 43.5 Å². The van der Waals surface area contributed by atoms with Crippen molar-refractivity contribution in [3.63, 3.8) is 0 Å². The average molecular weight is 449 g/mol. The van der Waals surface area contributed by atoms with Gasteiger partial charge in [0.05, 0.1) is 12.7 Å². The summed E-state index contributed by atoms with van der Waals surface area (Å²) in [5.74, 6) is -0.532. The van der Waals surface area contributed by atoms with E-state index in [-0.39, 0.29) is 6.54 Å². The third-order valence-electron chi connectivity index (χ3n) is 5.49. The molecule has 7 nitrogen and oxygen atoms in total. The van der Waals surface area contributed by atoms with Crippen LogP contribution in [-0.2, 0) is 10.4 Å². The summed E-state index contributed by atoms with van der Waals surface area (Å²) in [7, 11) is -2.34. The van der Waals surface area contributed by atoms with Crippen LogP contribution in [0.4, 0.5) is 0 Å². The Bertz CT molecular complexity index is 1220. The number of hydrogen-bond donors (Lipinski definition) is 5. The highest BCUT2D eigenvalue weighted by Gasteiger charge is 2.32. The zero-order valence-corrected chi connectivity index (χ0v) is 18.4. The molecule has 4 rings (SSSR count). The van der Waals surface area contributed by atoms with Gasteiger partial charge in [-0.2, -0.15) is 0 Å². The largest absolute Gasteiger partial charge is 0.379 e. The van der Waals surface area contributed by atoms with E-state index in [1.54, 1.807) is 6.20 Å². The van der Waals surface area contributed by atoms with Gasteiger partial charge in [0, 0.05) is 17.8 Å². The molecule has 164 valence electrons. The zero-order chi connectivity index (χ0) is 22.7. The number of rotatable bonds is 7. The fourth-order valence-corrected chi connectivity index (χ4v) is 4.12. The van der Waals surface area contributed by atoms with Gasteiger partial charge in [-0.15, -0.1) is 0 Å². The van der Waals surface area contributed by atoms with Crippen LogP contribution in [0.1, 0.15) is 16.7 Å². The van der Waals surface area contributed by atoms with Gasteiger partial charge in [0.15, 0.2) is 8.38 Å². The second-order valence-corrected chi connectivity index (χ2v) is 8.77. The van der Waals surface area contributed by atoms with E-state index in [9.17, 15) is 9.90 Å². The molecule has 8 heteroatoms. The highest BCUT2D eigenvalue weighted by molar-refractivity contribution is 7.46. The molecule has 2 aromatic carbocycles. The molecule has 0 radical (unpaired) electrons. The highest BCUT2D eigenvalue weighted by atomic mass is 31.2. The lowest BCUT2D eigenvalue weighted by atomic mass is 9.85. The van der Waals surface area contributed by atoms with Crippen molar-refractivity contribution < 1.29 is 19.7 Å². The van der Waals surface area contributed by atoms with E-state index in [1.807, 2.05) is 73.8 Å². The molecule has 0 aliphatic rings. The predicted octanol–water partition coefficient (Wildman–Crippen LogP) is 3.19. The summed E-state index contributed by atoms with van der Waals surface area (Å²) in [6, 6.07) is 18.9. The number of fused-ring (bicyclic) bond motifs is 1. The van der Waals surface area contributed by atoms with E-state index in [2.05, 4.69) is 15.3 Å². The summed E-state index contributed by atoms with van der Waals surface area (Å²) in [6.07, 6.45) is 3.20. The van der Waals surface area contributed by atoms with Crippen LogP contribution in [0.25, 0.3) is 22.2 Å². The van der Waals surface area contributed by atoms with Gasteiger partial charge in [0.1, 0.15) is 11.2 Å². The van der Waals surface area contributed by atoms with Crippen molar-refractivity contribution in [2.75, 3.05) is 12.7 Å². The molecular formula is C24H24N3O4P. The van der Waals surface area contributed by atoms with Crippen LogP contribution in [0.2, 0.25) is 0 Å². The smallest absolute Gasteiger partial charge is 0.229 e. The van der Waals surface area contributed by atoms with Gasteiger partial charge in [-0.1, -0.05) is 54.1 Å². The number of benzene rings is 2. The number of nitrogens with zero attached hydrogens (tertiary/aromatic N) is 1. The lowest BCUT2D eigenvalue weighted by molar-refractivity contribution is -0.119. The molecule has 0 aliphatic carbocycles. The summed E-state index contributed by atoms with van der Waals surface area (Å²) >= 11 is 0. The molecule has 0 spiro atoms. The van der Waals surface area contributed by atoms with Crippen LogP contribution < -0.4 is 5.32 Å². The van der Waals surface area contributed by atoms with E-state index in [0.29, 0.717) is 11.1 Å². The molecule has 32 heavy (non-hydrogen) atoms. The normalized spacial score (nSPS) is 13.3. The average Bonchev–Trinajstić information content (AvgIpc) is 3.27. The fourth-order valence-electron chi connectivity index (χ4n) is 3.75.